The molecule has 0 aliphatic rings. The molecular formula is C16H24N2O3. The molecule has 1 atom stereocenters. The van der Waals surface area contributed by atoms with Crippen LogP contribution in [0.15, 0.2) is 24.3 Å². The van der Waals surface area contributed by atoms with E-state index in [4.69, 9.17) is 5.11 Å². The highest BCUT2D eigenvalue weighted by atomic mass is 16.4. The molecule has 1 aromatic rings. The first-order valence-electron chi connectivity index (χ1n) is 7.38. The van der Waals surface area contributed by atoms with Gasteiger partial charge < -0.3 is 15.3 Å². The van der Waals surface area contributed by atoms with Crippen molar-refractivity contribution in [1.29, 1.82) is 0 Å². The van der Waals surface area contributed by atoms with Crippen LogP contribution >= 0.6 is 0 Å². The Balaban J connectivity index is 2.72. The fraction of sp³-hybridized carbons (Fsp3) is 0.500. The number of rotatable bonds is 8. The summed E-state index contributed by atoms with van der Waals surface area (Å²) >= 11 is 0. The van der Waals surface area contributed by atoms with Crippen LogP contribution in [0.3, 0.4) is 0 Å². The third-order valence-electron chi connectivity index (χ3n) is 3.38. The molecular weight excluding hydrogens is 268 g/mol. The molecule has 0 heterocycles. The van der Waals surface area contributed by atoms with Crippen LogP contribution in [-0.4, -0.2) is 36.1 Å². The summed E-state index contributed by atoms with van der Waals surface area (Å²) in [5.41, 5.74) is 1.55. The first-order valence-corrected chi connectivity index (χ1v) is 7.38. The molecule has 0 aliphatic heterocycles. The Morgan fingerprint density at radius 1 is 1.24 bits per heavy atom. The lowest BCUT2D eigenvalue weighted by atomic mass is 10.1. The van der Waals surface area contributed by atoms with Crippen molar-refractivity contribution >= 4 is 17.6 Å². The van der Waals surface area contributed by atoms with Crippen molar-refractivity contribution in [2.45, 2.75) is 39.7 Å². The lowest BCUT2D eigenvalue weighted by molar-refractivity contribution is -0.138. The lowest BCUT2D eigenvalue weighted by Gasteiger charge is -2.23. The first kappa shape index (κ1) is 17.0. The predicted molar refractivity (Wildman–Crippen MR) is 83.8 cm³/mol. The third kappa shape index (κ3) is 5.10. The van der Waals surface area contributed by atoms with Crippen LogP contribution < -0.4 is 10.2 Å². The van der Waals surface area contributed by atoms with Crippen molar-refractivity contribution < 1.29 is 14.7 Å². The molecule has 2 N–H and O–H groups in total. The zero-order valence-electron chi connectivity index (χ0n) is 12.9. The summed E-state index contributed by atoms with van der Waals surface area (Å²) < 4.78 is 0. The largest absolute Gasteiger partial charge is 0.480 e. The number of amides is 1. The van der Waals surface area contributed by atoms with Crippen LogP contribution in [0.25, 0.3) is 0 Å². The molecule has 1 rings (SSSR count). The van der Waals surface area contributed by atoms with Gasteiger partial charge in [-0.25, -0.2) is 0 Å². The molecule has 1 aromatic carbocycles. The summed E-state index contributed by atoms with van der Waals surface area (Å²) in [5, 5.41) is 11.2. The zero-order chi connectivity index (χ0) is 15.8. The number of hydrogen-bond acceptors (Lipinski definition) is 3. The summed E-state index contributed by atoms with van der Waals surface area (Å²) in [6.07, 6.45) is 2.27. The summed E-state index contributed by atoms with van der Waals surface area (Å²) in [7, 11) is 0. The molecule has 5 nitrogen and oxygen atoms in total. The van der Waals surface area contributed by atoms with E-state index in [2.05, 4.69) is 24.1 Å². The van der Waals surface area contributed by atoms with Gasteiger partial charge in [0.15, 0.2) is 0 Å². The Kier molecular flexibility index (Phi) is 6.72. The maximum atomic E-state index is 11.9. The van der Waals surface area contributed by atoms with Gasteiger partial charge in [-0.05, 0) is 44.5 Å². The van der Waals surface area contributed by atoms with Gasteiger partial charge >= 0.3 is 5.97 Å². The summed E-state index contributed by atoms with van der Waals surface area (Å²) in [4.78, 5) is 24.9. The van der Waals surface area contributed by atoms with Crippen LogP contribution in [0.1, 0.15) is 44.0 Å². The highest BCUT2D eigenvalue weighted by molar-refractivity contribution is 5.96. The maximum Gasteiger partial charge on any atom is 0.325 e. The molecule has 0 spiro atoms. The van der Waals surface area contributed by atoms with Crippen LogP contribution in [0.2, 0.25) is 0 Å². The second-order valence-electron chi connectivity index (χ2n) is 5.01. The number of nitrogens with zero attached hydrogens (tertiary/aromatic N) is 1. The molecule has 0 radical (unpaired) electrons. The number of hydrogen-bond donors (Lipinski definition) is 2. The average Bonchev–Trinajstić information content (AvgIpc) is 2.48. The normalized spacial score (nSPS) is 11.8. The summed E-state index contributed by atoms with van der Waals surface area (Å²) in [6, 6.07) is 6.37. The number of unbranched alkanes of at least 4 members (excludes halogenated alkanes) is 1. The van der Waals surface area contributed by atoms with E-state index in [0.29, 0.717) is 5.56 Å². The Bertz CT molecular complexity index is 471. The van der Waals surface area contributed by atoms with E-state index < -0.39 is 12.0 Å². The molecule has 5 heteroatoms. The van der Waals surface area contributed by atoms with Gasteiger partial charge in [-0.15, -0.1) is 0 Å². The number of carboxylic acids is 1. The Morgan fingerprint density at radius 2 is 1.86 bits per heavy atom. The van der Waals surface area contributed by atoms with Crippen molar-refractivity contribution in [2.75, 3.05) is 18.0 Å². The number of nitrogens with one attached hydrogen (secondary N) is 1. The fourth-order valence-corrected chi connectivity index (χ4v) is 1.98. The SMILES string of the molecule is CCCCN(CC)c1ccc(C(=O)N[C@H](C)C(=O)O)cc1. The minimum Gasteiger partial charge on any atom is -0.480 e. The van der Waals surface area contributed by atoms with Crippen molar-refractivity contribution in [3.8, 4) is 0 Å². The van der Waals surface area contributed by atoms with E-state index in [1.807, 2.05) is 12.1 Å². The lowest BCUT2D eigenvalue weighted by Crippen LogP contribution is -2.38. The van der Waals surface area contributed by atoms with Crippen LogP contribution in [0, 0.1) is 0 Å². The Hall–Kier alpha value is -2.04. The summed E-state index contributed by atoms with van der Waals surface area (Å²) in [5.74, 6) is -1.41. The first-order chi connectivity index (χ1) is 9.99. The summed E-state index contributed by atoms with van der Waals surface area (Å²) in [6.45, 7) is 7.62. The number of carbonyl (C=O) groups is 2. The number of anilines is 1. The molecule has 1 amide bonds. The maximum absolute atomic E-state index is 11.9. The molecule has 21 heavy (non-hydrogen) atoms. The molecule has 0 unspecified atom stereocenters. The van der Waals surface area contributed by atoms with Crippen LogP contribution in [-0.2, 0) is 4.79 Å². The molecule has 0 aromatic heterocycles. The molecule has 0 saturated heterocycles. The number of carboxylic acid groups (broad SMARTS) is 1. The number of carbonyl (C=O) groups excluding carboxylic acids is 1. The standard InChI is InChI=1S/C16H24N2O3/c1-4-6-11-18(5-2)14-9-7-13(8-10-14)15(19)17-12(3)16(20)21/h7-10,12H,4-6,11H2,1-3H3,(H,17,19)(H,20,21)/t12-/m1/s1. The highest BCUT2D eigenvalue weighted by Gasteiger charge is 2.15. The zero-order valence-corrected chi connectivity index (χ0v) is 12.9. The second-order valence-corrected chi connectivity index (χ2v) is 5.01. The van der Waals surface area contributed by atoms with E-state index in [1.54, 1.807) is 12.1 Å². The topological polar surface area (TPSA) is 69.6 Å². The van der Waals surface area contributed by atoms with E-state index in [0.717, 1.165) is 31.6 Å². The molecule has 0 bridgehead atoms. The van der Waals surface area contributed by atoms with E-state index in [9.17, 15) is 9.59 Å². The molecule has 0 saturated carbocycles. The van der Waals surface area contributed by atoms with E-state index in [1.165, 1.54) is 6.92 Å². The van der Waals surface area contributed by atoms with Gasteiger partial charge in [0.2, 0.25) is 0 Å². The second kappa shape index (κ2) is 8.29. The van der Waals surface area contributed by atoms with Gasteiger partial charge in [0.1, 0.15) is 6.04 Å². The smallest absolute Gasteiger partial charge is 0.325 e. The fourth-order valence-electron chi connectivity index (χ4n) is 1.98. The third-order valence-corrected chi connectivity index (χ3v) is 3.38. The van der Waals surface area contributed by atoms with Crippen LogP contribution in [0.5, 0.6) is 0 Å². The Labute approximate surface area is 126 Å². The number of aliphatic carboxylic acids is 1. The highest BCUT2D eigenvalue weighted by Crippen LogP contribution is 2.16. The average molecular weight is 292 g/mol. The van der Waals surface area contributed by atoms with Crippen molar-refractivity contribution in [3.05, 3.63) is 29.8 Å². The quantitative estimate of drug-likeness (QED) is 0.772. The van der Waals surface area contributed by atoms with Gasteiger partial charge in [0.05, 0.1) is 0 Å². The predicted octanol–water partition coefficient (Wildman–Crippen LogP) is 2.52. The minimum atomic E-state index is -1.04. The van der Waals surface area contributed by atoms with Gasteiger partial charge in [0, 0.05) is 24.3 Å². The minimum absolute atomic E-state index is 0.368. The van der Waals surface area contributed by atoms with E-state index >= 15 is 0 Å². The van der Waals surface area contributed by atoms with Gasteiger partial charge in [0.25, 0.3) is 5.91 Å². The van der Waals surface area contributed by atoms with Crippen molar-refractivity contribution in [2.24, 2.45) is 0 Å². The molecule has 0 fully saturated rings. The van der Waals surface area contributed by atoms with Gasteiger partial charge in [-0.3, -0.25) is 9.59 Å². The van der Waals surface area contributed by atoms with Gasteiger partial charge in [-0.2, -0.15) is 0 Å². The molecule has 0 aliphatic carbocycles. The van der Waals surface area contributed by atoms with Crippen molar-refractivity contribution in [1.82, 2.24) is 5.32 Å². The van der Waals surface area contributed by atoms with E-state index in [-0.39, 0.29) is 5.91 Å². The monoisotopic (exact) mass is 292 g/mol. The van der Waals surface area contributed by atoms with Crippen molar-refractivity contribution in [3.63, 3.8) is 0 Å². The van der Waals surface area contributed by atoms with Crippen LogP contribution in [0.4, 0.5) is 5.69 Å². The van der Waals surface area contributed by atoms with Gasteiger partial charge in [-0.1, -0.05) is 13.3 Å². The molecule has 116 valence electrons. The Morgan fingerprint density at radius 3 is 2.33 bits per heavy atom. The number of benzene rings is 1.